The lowest BCUT2D eigenvalue weighted by molar-refractivity contribution is -0.125. The van der Waals surface area contributed by atoms with Crippen molar-refractivity contribution in [3.8, 4) is 0 Å². The molecule has 0 fully saturated rings. The third-order valence-corrected chi connectivity index (χ3v) is 2.94. The van der Waals surface area contributed by atoms with Crippen LogP contribution in [-0.2, 0) is 9.53 Å². The second-order valence-corrected chi connectivity index (χ2v) is 6.06. The van der Waals surface area contributed by atoms with E-state index < -0.39 is 5.54 Å². The van der Waals surface area contributed by atoms with Gasteiger partial charge in [-0.2, -0.15) is 0 Å². The van der Waals surface area contributed by atoms with Gasteiger partial charge in [-0.3, -0.25) is 4.79 Å². The van der Waals surface area contributed by atoms with Crippen molar-refractivity contribution in [2.45, 2.75) is 72.1 Å². The van der Waals surface area contributed by atoms with E-state index in [-0.39, 0.29) is 18.1 Å². The number of nitrogens with two attached hydrogens (primary N) is 1. The van der Waals surface area contributed by atoms with Crippen molar-refractivity contribution in [3.63, 3.8) is 0 Å². The molecule has 0 saturated heterocycles. The molecule has 1 amide bonds. The normalized spacial score (nSPS) is 16.9. The highest BCUT2D eigenvalue weighted by molar-refractivity contribution is 5.84. The number of carbonyl (C=O) groups excluding carboxylic acids is 1. The Morgan fingerprint density at radius 2 is 1.83 bits per heavy atom. The van der Waals surface area contributed by atoms with E-state index in [0.717, 1.165) is 13.0 Å². The monoisotopic (exact) mass is 258 g/mol. The molecule has 0 radical (unpaired) electrons. The third-order valence-electron chi connectivity index (χ3n) is 2.94. The SMILES string of the molecule is CC(C)CCOC(C)CC(C)(NC(C)C)C(N)=O. The maximum Gasteiger partial charge on any atom is 0.237 e. The minimum absolute atomic E-state index is 0.0208. The van der Waals surface area contributed by atoms with Gasteiger partial charge in [0.1, 0.15) is 0 Å². The molecule has 108 valence electrons. The molecular formula is C14H30N2O2. The van der Waals surface area contributed by atoms with Gasteiger partial charge in [-0.05, 0) is 40.0 Å². The van der Waals surface area contributed by atoms with E-state index in [4.69, 9.17) is 10.5 Å². The van der Waals surface area contributed by atoms with Crippen LogP contribution in [0.5, 0.6) is 0 Å². The van der Waals surface area contributed by atoms with Gasteiger partial charge in [0.05, 0.1) is 11.6 Å². The number of carbonyl (C=O) groups is 1. The van der Waals surface area contributed by atoms with Crippen LogP contribution in [0.25, 0.3) is 0 Å². The maximum absolute atomic E-state index is 11.6. The Balaban J connectivity index is 4.28. The van der Waals surface area contributed by atoms with E-state index in [9.17, 15) is 4.79 Å². The molecule has 0 aliphatic rings. The van der Waals surface area contributed by atoms with Crippen molar-refractivity contribution in [2.75, 3.05) is 6.61 Å². The standard InChI is InChI=1S/C14H30N2O2/c1-10(2)7-8-18-12(5)9-14(6,13(15)17)16-11(3)4/h10-12,16H,7-9H2,1-6H3,(H2,15,17). The molecule has 0 spiro atoms. The van der Waals surface area contributed by atoms with Gasteiger partial charge in [-0.1, -0.05) is 13.8 Å². The summed E-state index contributed by atoms with van der Waals surface area (Å²) in [7, 11) is 0. The van der Waals surface area contributed by atoms with E-state index in [0.29, 0.717) is 12.3 Å². The lowest BCUT2D eigenvalue weighted by Crippen LogP contribution is -2.57. The van der Waals surface area contributed by atoms with E-state index in [2.05, 4.69) is 19.2 Å². The van der Waals surface area contributed by atoms with Gasteiger partial charge in [0.15, 0.2) is 0 Å². The molecule has 2 unspecified atom stereocenters. The van der Waals surface area contributed by atoms with Crippen LogP contribution in [0, 0.1) is 5.92 Å². The Morgan fingerprint density at radius 1 is 1.28 bits per heavy atom. The van der Waals surface area contributed by atoms with Crippen LogP contribution in [0.4, 0.5) is 0 Å². The number of hydrogen-bond donors (Lipinski definition) is 2. The highest BCUT2D eigenvalue weighted by Crippen LogP contribution is 2.16. The van der Waals surface area contributed by atoms with Gasteiger partial charge >= 0.3 is 0 Å². The highest BCUT2D eigenvalue weighted by Gasteiger charge is 2.33. The lowest BCUT2D eigenvalue weighted by atomic mass is 9.93. The van der Waals surface area contributed by atoms with E-state index in [1.165, 1.54) is 0 Å². The number of hydrogen-bond acceptors (Lipinski definition) is 3. The van der Waals surface area contributed by atoms with E-state index in [1.807, 2.05) is 27.7 Å². The molecule has 0 aromatic rings. The summed E-state index contributed by atoms with van der Waals surface area (Å²) in [5.74, 6) is 0.309. The fourth-order valence-corrected chi connectivity index (χ4v) is 2.01. The Kier molecular flexibility index (Phi) is 7.48. The van der Waals surface area contributed by atoms with Crippen LogP contribution in [-0.4, -0.2) is 30.2 Å². The van der Waals surface area contributed by atoms with Gasteiger partial charge in [0, 0.05) is 19.1 Å². The van der Waals surface area contributed by atoms with Gasteiger partial charge in [-0.25, -0.2) is 0 Å². The summed E-state index contributed by atoms with van der Waals surface area (Å²) in [6.07, 6.45) is 1.65. The third kappa shape index (κ3) is 6.97. The summed E-state index contributed by atoms with van der Waals surface area (Å²) in [6.45, 7) is 12.9. The predicted molar refractivity (Wildman–Crippen MR) is 75.4 cm³/mol. The van der Waals surface area contributed by atoms with E-state index >= 15 is 0 Å². The summed E-state index contributed by atoms with van der Waals surface area (Å²) >= 11 is 0. The first-order chi connectivity index (χ1) is 8.17. The molecule has 0 aromatic carbocycles. The zero-order chi connectivity index (χ0) is 14.3. The zero-order valence-corrected chi connectivity index (χ0v) is 12.7. The largest absolute Gasteiger partial charge is 0.378 e. The van der Waals surface area contributed by atoms with Crippen molar-refractivity contribution < 1.29 is 9.53 Å². The molecule has 0 rings (SSSR count). The smallest absolute Gasteiger partial charge is 0.237 e. The average Bonchev–Trinajstić information content (AvgIpc) is 2.14. The molecule has 0 saturated carbocycles. The number of primary amides is 1. The Labute approximate surface area is 112 Å². The number of ether oxygens (including phenoxy) is 1. The molecule has 0 aromatic heterocycles. The first-order valence-electron chi connectivity index (χ1n) is 6.86. The quantitative estimate of drug-likeness (QED) is 0.665. The Bertz CT molecular complexity index is 254. The van der Waals surface area contributed by atoms with Crippen LogP contribution < -0.4 is 11.1 Å². The summed E-state index contributed by atoms with van der Waals surface area (Å²) < 4.78 is 5.73. The summed E-state index contributed by atoms with van der Waals surface area (Å²) in [5, 5.41) is 3.23. The molecule has 3 N–H and O–H groups in total. The topological polar surface area (TPSA) is 64.3 Å². The van der Waals surface area contributed by atoms with Gasteiger partial charge in [-0.15, -0.1) is 0 Å². The maximum atomic E-state index is 11.6. The molecule has 0 aliphatic carbocycles. The Hall–Kier alpha value is -0.610. The van der Waals surface area contributed by atoms with E-state index in [1.54, 1.807) is 0 Å². The second-order valence-electron chi connectivity index (χ2n) is 6.06. The van der Waals surface area contributed by atoms with Crippen LogP contribution >= 0.6 is 0 Å². The highest BCUT2D eigenvalue weighted by atomic mass is 16.5. The molecule has 4 nitrogen and oxygen atoms in total. The zero-order valence-electron chi connectivity index (χ0n) is 12.7. The number of nitrogens with one attached hydrogen (secondary N) is 1. The van der Waals surface area contributed by atoms with Crippen molar-refractivity contribution in [1.29, 1.82) is 0 Å². The fourth-order valence-electron chi connectivity index (χ4n) is 2.01. The summed E-state index contributed by atoms with van der Waals surface area (Å²) in [4.78, 5) is 11.6. The predicted octanol–water partition coefficient (Wildman–Crippen LogP) is 2.07. The molecule has 4 heteroatoms. The summed E-state index contributed by atoms with van der Waals surface area (Å²) in [5.41, 5.74) is 4.78. The second kappa shape index (κ2) is 7.74. The van der Waals surface area contributed by atoms with Crippen molar-refractivity contribution in [1.82, 2.24) is 5.32 Å². The van der Waals surface area contributed by atoms with Crippen molar-refractivity contribution in [2.24, 2.45) is 11.7 Å². The first-order valence-corrected chi connectivity index (χ1v) is 6.86. The van der Waals surface area contributed by atoms with Gasteiger partial charge < -0.3 is 15.8 Å². The molecule has 18 heavy (non-hydrogen) atoms. The minimum Gasteiger partial charge on any atom is -0.378 e. The lowest BCUT2D eigenvalue weighted by Gasteiger charge is -2.32. The minimum atomic E-state index is -0.703. The van der Waals surface area contributed by atoms with Gasteiger partial charge in [0.25, 0.3) is 0 Å². The van der Waals surface area contributed by atoms with Crippen LogP contribution in [0.1, 0.15) is 54.4 Å². The fraction of sp³-hybridized carbons (Fsp3) is 0.929. The number of rotatable bonds is 9. The van der Waals surface area contributed by atoms with Crippen molar-refractivity contribution >= 4 is 5.91 Å². The number of amides is 1. The first kappa shape index (κ1) is 17.4. The molecular weight excluding hydrogens is 228 g/mol. The molecule has 2 atom stereocenters. The van der Waals surface area contributed by atoms with Crippen molar-refractivity contribution in [3.05, 3.63) is 0 Å². The summed E-state index contributed by atoms with van der Waals surface area (Å²) in [6, 6.07) is 0.213. The van der Waals surface area contributed by atoms with Crippen LogP contribution in [0.3, 0.4) is 0 Å². The molecule has 0 aliphatic heterocycles. The Morgan fingerprint density at radius 3 is 2.22 bits per heavy atom. The average molecular weight is 258 g/mol. The molecule has 0 heterocycles. The van der Waals surface area contributed by atoms with Crippen LogP contribution in [0.15, 0.2) is 0 Å². The van der Waals surface area contributed by atoms with Crippen LogP contribution in [0.2, 0.25) is 0 Å². The van der Waals surface area contributed by atoms with Gasteiger partial charge in [0.2, 0.25) is 5.91 Å². The molecule has 0 bridgehead atoms.